The van der Waals surface area contributed by atoms with Gasteiger partial charge >= 0.3 is 0 Å². The van der Waals surface area contributed by atoms with Gasteiger partial charge in [-0.25, -0.2) is 0 Å². The van der Waals surface area contributed by atoms with Crippen LogP contribution in [-0.4, -0.2) is 37.1 Å². The molecule has 0 heterocycles. The van der Waals surface area contributed by atoms with Gasteiger partial charge in [-0.2, -0.15) is 0 Å². The molecule has 0 aliphatic rings. The van der Waals surface area contributed by atoms with Gasteiger partial charge in [0.1, 0.15) is 0 Å². The van der Waals surface area contributed by atoms with Crippen molar-refractivity contribution in [3.05, 3.63) is 12.7 Å². The van der Waals surface area contributed by atoms with Gasteiger partial charge in [-0.1, -0.05) is 33.3 Å². The summed E-state index contributed by atoms with van der Waals surface area (Å²) in [5, 5.41) is 3.52. The molecule has 0 aromatic rings. The van der Waals surface area contributed by atoms with Crippen LogP contribution in [0.3, 0.4) is 0 Å². The topological polar surface area (TPSA) is 15.3 Å². The molecular formula is C13H28N2. The Bertz CT molecular complexity index is 145. The highest BCUT2D eigenvalue weighted by Crippen LogP contribution is 2.06. The predicted octanol–water partition coefficient (Wildman–Crippen LogP) is 2.66. The fraction of sp³-hybridized carbons (Fsp3) is 0.846. The monoisotopic (exact) mass is 212 g/mol. The molecule has 15 heavy (non-hydrogen) atoms. The van der Waals surface area contributed by atoms with E-state index in [9.17, 15) is 0 Å². The average Bonchev–Trinajstić information content (AvgIpc) is 2.25. The van der Waals surface area contributed by atoms with Crippen molar-refractivity contribution in [3.8, 4) is 0 Å². The zero-order chi connectivity index (χ0) is 11.5. The first-order valence-electron chi connectivity index (χ1n) is 6.35. The molecule has 0 radical (unpaired) electrons. The lowest BCUT2D eigenvalue weighted by Crippen LogP contribution is -2.42. The van der Waals surface area contributed by atoms with E-state index in [2.05, 4.69) is 37.6 Å². The molecule has 0 aromatic carbocycles. The van der Waals surface area contributed by atoms with Gasteiger partial charge in [-0.15, -0.1) is 6.58 Å². The van der Waals surface area contributed by atoms with Gasteiger partial charge in [-0.3, -0.25) is 4.90 Å². The SMILES string of the molecule is C=CCN(CC)C(CCC)CNCCC. The summed E-state index contributed by atoms with van der Waals surface area (Å²) >= 11 is 0. The van der Waals surface area contributed by atoms with Crippen LogP contribution in [0, 0.1) is 0 Å². The minimum Gasteiger partial charge on any atom is -0.315 e. The Balaban J connectivity index is 4.01. The molecule has 0 rings (SSSR count). The van der Waals surface area contributed by atoms with E-state index < -0.39 is 0 Å². The predicted molar refractivity (Wildman–Crippen MR) is 69.3 cm³/mol. The second-order valence-electron chi connectivity index (χ2n) is 4.02. The first-order chi connectivity index (χ1) is 7.29. The second-order valence-corrected chi connectivity index (χ2v) is 4.02. The molecule has 1 N–H and O–H groups in total. The Kier molecular flexibility index (Phi) is 9.96. The van der Waals surface area contributed by atoms with Crippen LogP contribution in [0.15, 0.2) is 12.7 Å². The van der Waals surface area contributed by atoms with Crippen LogP contribution >= 0.6 is 0 Å². The standard InChI is InChI=1S/C13H28N2/c1-5-9-13(12-14-10-6-2)15(8-4)11-7-3/h7,13-14H,3,5-6,8-12H2,1-2,4H3. The second kappa shape index (κ2) is 10.2. The molecule has 0 aliphatic carbocycles. The van der Waals surface area contributed by atoms with Crippen LogP contribution < -0.4 is 5.32 Å². The smallest absolute Gasteiger partial charge is 0.0223 e. The molecule has 90 valence electrons. The molecule has 0 aromatic heterocycles. The zero-order valence-corrected chi connectivity index (χ0v) is 10.8. The number of hydrogen-bond donors (Lipinski definition) is 1. The van der Waals surface area contributed by atoms with E-state index in [4.69, 9.17) is 0 Å². The van der Waals surface area contributed by atoms with Gasteiger partial charge in [0.05, 0.1) is 0 Å². The van der Waals surface area contributed by atoms with Crippen molar-refractivity contribution in [1.29, 1.82) is 0 Å². The number of nitrogens with one attached hydrogen (secondary N) is 1. The molecule has 1 atom stereocenters. The van der Waals surface area contributed by atoms with Gasteiger partial charge < -0.3 is 5.32 Å². The number of rotatable bonds is 10. The number of likely N-dealkylation sites (N-methyl/N-ethyl adjacent to an activating group) is 1. The van der Waals surface area contributed by atoms with Gasteiger partial charge in [0.2, 0.25) is 0 Å². The highest BCUT2D eigenvalue weighted by atomic mass is 15.2. The number of hydrogen-bond acceptors (Lipinski definition) is 2. The van der Waals surface area contributed by atoms with Crippen molar-refractivity contribution in [2.75, 3.05) is 26.2 Å². The largest absolute Gasteiger partial charge is 0.315 e. The van der Waals surface area contributed by atoms with Crippen LogP contribution in [0.1, 0.15) is 40.0 Å². The van der Waals surface area contributed by atoms with E-state index in [0.29, 0.717) is 6.04 Å². The molecule has 0 saturated carbocycles. The van der Waals surface area contributed by atoms with Crippen molar-refractivity contribution in [2.24, 2.45) is 0 Å². The summed E-state index contributed by atoms with van der Waals surface area (Å²) in [4.78, 5) is 2.50. The Morgan fingerprint density at radius 2 is 2.00 bits per heavy atom. The van der Waals surface area contributed by atoms with E-state index in [1.807, 2.05) is 6.08 Å². The maximum absolute atomic E-state index is 3.83. The Morgan fingerprint density at radius 1 is 1.27 bits per heavy atom. The molecule has 0 spiro atoms. The lowest BCUT2D eigenvalue weighted by molar-refractivity contribution is 0.210. The van der Waals surface area contributed by atoms with Crippen molar-refractivity contribution in [2.45, 2.75) is 46.1 Å². The summed E-state index contributed by atoms with van der Waals surface area (Å²) in [5.74, 6) is 0. The quantitative estimate of drug-likeness (QED) is 0.442. The lowest BCUT2D eigenvalue weighted by atomic mass is 10.1. The molecule has 2 heteroatoms. The van der Waals surface area contributed by atoms with Crippen LogP contribution in [0.25, 0.3) is 0 Å². The fourth-order valence-electron chi connectivity index (χ4n) is 1.89. The molecule has 0 bridgehead atoms. The average molecular weight is 212 g/mol. The molecule has 2 nitrogen and oxygen atoms in total. The summed E-state index contributed by atoms with van der Waals surface area (Å²) in [5.41, 5.74) is 0. The molecule has 0 saturated heterocycles. The third-order valence-corrected chi connectivity index (χ3v) is 2.71. The van der Waals surface area contributed by atoms with Crippen LogP contribution in [0.2, 0.25) is 0 Å². The normalized spacial score (nSPS) is 13.1. The molecule has 1 unspecified atom stereocenters. The van der Waals surface area contributed by atoms with Crippen molar-refractivity contribution in [3.63, 3.8) is 0 Å². The first-order valence-corrected chi connectivity index (χ1v) is 6.35. The van der Waals surface area contributed by atoms with E-state index >= 15 is 0 Å². The van der Waals surface area contributed by atoms with Gasteiger partial charge in [-0.05, 0) is 25.9 Å². The third kappa shape index (κ3) is 6.69. The summed E-state index contributed by atoms with van der Waals surface area (Å²) in [7, 11) is 0. The van der Waals surface area contributed by atoms with E-state index in [-0.39, 0.29) is 0 Å². The molecule has 0 amide bonds. The van der Waals surface area contributed by atoms with Gasteiger partial charge in [0, 0.05) is 19.1 Å². The van der Waals surface area contributed by atoms with E-state index in [1.165, 1.54) is 19.3 Å². The van der Waals surface area contributed by atoms with E-state index in [1.54, 1.807) is 0 Å². The summed E-state index contributed by atoms with van der Waals surface area (Å²) in [6.45, 7) is 14.9. The van der Waals surface area contributed by atoms with Gasteiger partial charge in [0.15, 0.2) is 0 Å². The highest BCUT2D eigenvalue weighted by Gasteiger charge is 2.13. The Labute approximate surface area is 95.7 Å². The van der Waals surface area contributed by atoms with E-state index in [0.717, 1.165) is 26.2 Å². The Hall–Kier alpha value is -0.340. The van der Waals surface area contributed by atoms with Crippen LogP contribution in [0.5, 0.6) is 0 Å². The summed E-state index contributed by atoms with van der Waals surface area (Å²) in [6, 6.07) is 0.671. The first kappa shape index (κ1) is 14.7. The molecular weight excluding hydrogens is 184 g/mol. The Morgan fingerprint density at radius 3 is 2.47 bits per heavy atom. The third-order valence-electron chi connectivity index (χ3n) is 2.71. The van der Waals surface area contributed by atoms with Crippen LogP contribution in [0.4, 0.5) is 0 Å². The maximum Gasteiger partial charge on any atom is 0.0223 e. The minimum absolute atomic E-state index is 0.671. The fourth-order valence-corrected chi connectivity index (χ4v) is 1.89. The zero-order valence-electron chi connectivity index (χ0n) is 10.8. The van der Waals surface area contributed by atoms with Crippen molar-refractivity contribution >= 4 is 0 Å². The molecule has 0 fully saturated rings. The summed E-state index contributed by atoms with van der Waals surface area (Å²) in [6.07, 6.45) is 5.75. The van der Waals surface area contributed by atoms with Gasteiger partial charge in [0.25, 0.3) is 0 Å². The number of nitrogens with zero attached hydrogens (tertiary/aromatic N) is 1. The maximum atomic E-state index is 3.83. The lowest BCUT2D eigenvalue weighted by Gasteiger charge is -2.29. The minimum atomic E-state index is 0.671. The molecule has 0 aliphatic heterocycles. The van der Waals surface area contributed by atoms with Crippen molar-refractivity contribution < 1.29 is 0 Å². The van der Waals surface area contributed by atoms with Crippen molar-refractivity contribution in [1.82, 2.24) is 10.2 Å². The van der Waals surface area contributed by atoms with Crippen LogP contribution in [-0.2, 0) is 0 Å². The highest BCUT2D eigenvalue weighted by molar-refractivity contribution is 4.80. The summed E-state index contributed by atoms with van der Waals surface area (Å²) < 4.78 is 0.